The van der Waals surface area contributed by atoms with Gasteiger partial charge in [0.05, 0.1) is 6.61 Å². The molecule has 142 valence electrons. The molecule has 0 bridgehead atoms. The maximum absolute atomic E-state index is 6.15. The van der Waals surface area contributed by atoms with Crippen LogP contribution in [0.2, 0.25) is 0 Å². The van der Waals surface area contributed by atoms with E-state index in [1.165, 1.54) is 0 Å². The fourth-order valence-electron chi connectivity index (χ4n) is 2.86. The average molecular weight is 371 g/mol. The molecule has 1 heterocycles. The van der Waals surface area contributed by atoms with Crippen LogP contribution < -0.4 is 9.47 Å². The minimum atomic E-state index is -2.77. The third-order valence-electron chi connectivity index (χ3n) is 4.82. The highest BCUT2D eigenvalue weighted by molar-refractivity contribution is 6.60. The highest BCUT2D eigenvalue weighted by Crippen LogP contribution is 2.38. The van der Waals surface area contributed by atoms with Gasteiger partial charge in [-0.1, -0.05) is 20.3 Å². The molecular formula is C18H30O6Si. The van der Waals surface area contributed by atoms with Crippen molar-refractivity contribution in [3.05, 3.63) is 23.8 Å². The van der Waals surface area contributed by atoms with E-state index in [1.807, 2.05) is 25.1 Å². The highest BCUT2D eigenvalue weighted by atomic mass is 28.4. The lowest BCUT2D eigenvalue weighted by atomic mass is 9.96. The zero-order chi connectivity index (χ0) is 18.5. The Morgan fingerprint density at radius 2 is 1.88 bits per heavy atom. The first-order valence-electron chi connectivity index (χ1n) is 8.66. The van der Waals surface area contributed by atoms with E-state index in [-0.39, 0.29) is 6.23 Å². The van der Waals surface area contributed by atoms with Gasteiger partial charge in [0.15, 0.2) is 6.23 Å². The van der Waals surface area contributed by atoms with Gasteiger partial charge in [-0.05, 0) is 24.6 Å². The zero-order valence-corrected chi connectivity index (χ0v) is 17.1. The Hall–Kier alpha value is -1.12. The quantitative estimate of drug-likeness (QED) is 0.620. The van der Waals surface area contributed by atoms with E-state index in [0.29, 0.717) is 18.3 Å². The molecule has 0 saturated carbocycles. The average Bonchev–Trinajstić information content (AvgIpc) is 2.63. The maximum Gasteiger partial charge on any atom is 0.539 e. The van der Waals surface area contributed by atoms with Crippen LogP contribution in [0, 0.1) is 5.92 Å². The first kappa shape index (κ1) is 20.2. The molecule has 1 aliphatic rings. The van der Waals surface area contributed by atoms with Gasteiger partial charge in [-0.3, -0.25) is 0 Å². The molecule has 1 aromatic rings. The van der Waals surface area contributed by atoms with E-state index in [2.05, 4.69) is 13.8 Å². The largest absolute Gasteiger partial charge is 0.539 e. The summed E-state index contributed by atoms with van der Waals surface area (Å²) < 4.78 is 34.1. The Kier molecular flexibility index (Phi) is 6.87. The molecule has 0 amide bonds. The summed E-state index contributed by atoms with van der Waals surface area (Å²) in [5.74, 6) is 1.28. The van der Waals surface area contributed by atoms with Crippen LogP contribution in [0.1, 0.15) is 39.2 Å². The summed E-state index contributed by atoms with van der Waals surface area (Å²) in [4.78, 5) is 0. The predicted octanol–water partition coefficient (Wildman–Crippen LogP) is 3.54. The van der Waals surface area contributed by atoms with E-state index in [1.54, 1.807) is 21.3 Å². The van der Waals surface area contributed by atoms with Gasteiger partial charge in [-0.15, -0.1) is 0 Å². The van der Waals surface area contributed by atoms with Crippen LogP contribution in [-0.4, -0.2) is 42.2 Å². The second-order valence-corrected chi connectivity index (χ2v) is 9.33. The van der Waals surface area contributed by atoms with Crippen molar-refractivity contribution in [3.63, 3.8) is 0 Å². The first-order chi connectivity index (χ1) is 11.9. The highest BCUT2D eigenvalue weighted by Gasteiger charge is 2.40. The third-order valence-corrected chi connectivity index (χ3v) is 7.19. The van der Waals surface area contributed by atoms with E-state index in [0.717, 1.165) is 24.2 Å². The van der Waals surface area contributed by atoms with Crippen LogP contribution in [-0.2, 0) is 24.6 Å². The summed E-state index contributed by atoms with van der Waals surface area (Å²) >= 11 is 0. The van der Waals surface area contributed by atoms with Crippen molar-refractivity contribution in [2.24, 2.45) is 5.92 Å². The summed E-state index contributed by atoms with van der Waals surface area (Å²) in [6.45, 7) is 6.84. The summed E-state index contributed by atoms with van der Waals surface area (Å²) in [6, 6.07) is 5.74. The van der Waals surface area contributed by atoms with Crippen molar-refractivity contribution in [1.29, 1.82) is 0 Å². The lowest BCUT2D eigenvalue weighted by Crippen LogP contribution is -2.49. The molecule has 0 N–H and O–H groups in total. The molecule has 2 unspecified atom stereocenters. The second-order valence-electron chi connectivity index (χ2n) is 6.45. The van der Waals surface area contributed by atoms with Gasteiger partial charge in [0.1, 0.15) is 11.5 Å². The van der Waals surface area contributed by atoms with Crippen molar-refractivity contribution in [1.82, 2.24) is 0 Å². The Bertz CT molecular complexity index is 554. The topological polar surface area (TPSA) is 55.4 Å². The molecular weight excluding hydrogens is 340 g/mol. The summed E-state index contributed by atoms with van der Waals surface area (Å²) in [5, 5.41) is 0. The van der Waals surface area contributed by atoms with Gasteiger partial charge in [0.2, 0.25) is 5.79 Å². The van der Waals surface area contributed by atoms with Crippen molar-refractivity contribution in [3.8, 4) is 11.5 Å². The van der Waals surface area contributed by atoms with Crippen molar-refractivity contribution in [2.45, 2.75) is 46.0 Å². The molecule has 2 rings (SSSR count). The molecule has 0 radical (unpaired) electrons. The Labute approximate surface area is 151 Å². The van der Waals surface area contributed by atoms with Gasteiger partial charge in [0.25, 0.3) is 0 Å². The van der Waals surface area contributed by atoms with Gasteiger partial charge < -0.3 is 27.5 Å². The number of rotatable bonds is 9. The molecule has 25 heavy (non-hydrogen) atoms. The zero-order valence-electron chi connectivity index (χ0n) is 16.1. The van der Waals surface area contributed by atoms with Gasteiger partial charge in [-0.25, -0.2) is 0 Å². The molecule has 1 aliphatic heterocycles. The molecule has 6 nitrogen and oxygen atoms in total. The van der Waals surface area contributed by atoms with Gasteiger partial charge in [0, 0.05) is 39.7 Å². The predicted molar refractivity (Wildman–Crippen MR) is 96.6 cm³/mol. The molecule has 7 heteroatoms. The van der Waals surface area contributed by atoms with Crippen LogP contribution in [0.15, 0.2) is 18.2 Å². The molecule has 0 saturated heterocycles. The molecule has 0 aliphatic carbocycles. The van der Waals surface area contributed by atoms with E-state index in [9.17, 15) is 0 Å². The minimum Gasteiger partial charge on any atom is -0.489 e. The monoisotopic (exact) mass is 370 g/mol. The van der Waals surface area contributed by atoms with Crippen LogP contribution in [0.3, 0.4) is 0 Å². The van der Waals surface area contributed by atoms with Crippen molar-refractivity contribution in [2.75, 3.05) is 27.6 Å². The normalized spacial score (nSPS) is 21.4. The lowest BCUT2D eigenvalue weighted by Gasteiger charge is -2.40. The second kappa shape index (κ2) is 8.51. The first-order valence-corrected chi connectivity index (χ1v) is 10.6. The SMILES string of the molecule is CCCC(C)C1(C)OCc2cc(OC[Si](OC)(OC)OC)ccc2O1. The van der Waals surface area contributed by atoms with Crippen LogP contribution in [0.5, 0.6) is 11.5 Å². The standard InChI is InChI=1S/C18H30O6Si/c1-7-8-14(2)18(3)23-12-15-11-16(9-10-17(15)24-18)22-13-25(19-4,20-5)21-6/h9-11,14H,7-8,12-13H2,1-6H3. The molecule has 2 atom stereocenters. The minimum absolute atomic E-state index is 0.238. The Balaban J connectivity index is 2.07. The molecule has 0 fully saturated rings. The van der Waals surface area contributed by atoms with E-state index < -0.39 is 14.6 Å². The van der Waals surface area contributed by atoms with Crippen molar-refractivity contribution < 1.29 is 27.5 Å². The summed E-state index contributed by atoms with van der Waals surface area (Å²) in [7, 11) is 1.93. The summed E-state index contributed by atoms with van der Waals surface area (Å²) in [5.41, 5.74) is 0.971. The van der Waals surface area contributed by atoms with Crippen LogP contribution >= 0.6 is 0 Å². The Morgan fingerprint density at radius 3 is 2.48 bits per heavy atom. The smallest absolute Gasteiger partial charge is 0.489 e. The van der Waals surface area contributed by atoms with E-state index in [4.69, 9.17) is 27.5 Å². The maximum atomic E-state index is 6.15. The lowest BCUT2D eigenvalue weighted by molar-refractivity contribution is -0.223. The fourth-order valence-corrected chi connectivity index (χ4v) is 4.06. The van der Waals surface area contributed by atoms with Crippen LogP contribution in [0.25, 0.3) is 0 Å². The van der Waals surface area contributed by atoms with E-state index >= 15 is 0 Å². The summed E-state index contributed by atoms with van der Waals surface area (Å²) in [6.07, 6.45) is 2.40. The van der Waals surface area contributed by atoms with Crippen molar-refractivity contribution >= 4 is 8.80 Å². The number of ether oxygens (including phenoxy) is 3. The van der Waals surface area contributed by atoms with Gasteiger partial charge >= 0.3 is 8.80 Å². The number of hydrogen-bond acceptors (Lipinski definition) is 6. The molecule has 1 aromatic carbocycles. The molecule has 0 spiro atoms. The third kappa shape index (κ3) is 4.54. The molecule has 0 aromatic heterocycles. The number of fused-ring (bicyclic) bond motifs is 1. The number of hydrogen-bond donors (Lipinski definition) is 0. The van der Waals surface area contributed by atoms with Crippen LogP contribution in [0.4, 0.5) is 0 Å². The number of benzene rings is 1. The fraction of sp³-hybridized carbons (Fsp3) is 0.667. The van der Waals surface area contributed by atoms with Gasteiger partial charge in [-0.2, -0.15) is 0 Å². The Morgan fingerprint density at radius 1 is 1.20 bits per heavy atom.